The number of carbonyl (C=O) groups is 1. The van der Waals surface area contributed by atoms with Gasteiger partial charge in [0, 0.05) is 51.7 Å². The zero-order valence-electron chi connectivity index (χ0n) is 22.2. The van der Waals surface area contributed by atoms with Gasteiger partial charge in [-0.1, -0.05) is 41.9 Å². The first-order valence-corrected chi connectivity index (χ1v) is 14.5. The highest BCUT2D eigenvalue weighted by atomic mass is 35.5. The Balaban J connectivity index is 1.53. The average molecular weight is 548 g/mol. The van der Waals surface area contributed by atoms with Crippen molar-refractivity contribution in [3.8, 4) is 16.9 Å². The molecule has 2 heterocycles. The Labute approximate surface area is 233 Å². The maximum Gasteiger partial charge on any atom is 0.266 e. The van der Waals surface area contributed by atoms with Gasteiger partial charge in [-0.25, -0.2) is 0 Å². The highest BCUT2D eigenvalue weighted by Gasteiger charge is 2.32. The zero-order valence-corrected chi connectivity index (χ0v) is 23.7. The molecule has 7 heteroatoms. The number of fused-ring (bicyclic) bond motifs is 1. The number of carbonyl (C=O) groups excluding carboxylic acids is 1. The Morgan fingerprint density at radius 1 is 1.11 bits per heavy atom. The van der Waals surface area contributed by atoms with E-state index in [1.165, 1.54) is 11.3 Å². The van der Waals surface area contributed by atoms with Crippen molar-refractivity contribution in [3.63, 3.8) is 0 Å². The molecule has 5 nitrogen and oxygen atoms in total. The van der Waals surface area contributed by atoms with Gasteiger partial charge >= 0.3 is 0 Å². The number of hydrogen-bond donors (Lipinski definition) is 1. The van der Waals surface area contributed by atoms with Crippen LogP contribution in [0.4, 0.5) is 0 Å². The van der Waals surface area contributed by atoms with Crippen LogP contribution >= 0.6 is 22.9 Å². The van der Waals surface area contributed by atoms with Gasteiger partial charge in [0.15, 0.2) is 0 Å². The molecule has 1 amide bonds. The molecule has 1 saturated carbocycles. The lowest BCUT2D eigenvalue weighted by Crippen LogP contribution is -2.44. The summed E-state index contributed by atoms with van der Waals surface area (Å²) in [6.07, 6.45) is 5.88. The molecule has 1 aliphatic rings. The molecule has 0 atom stereocenters. The molecule has 198 valence electrons. The van der Waals surface area contributed by atoms with E-state index in [1.807, 2.05) is 68.4 Å². The Morgan fingerprint density at radius 2 is 1.87 bits per heavy atom. The van der Waals surface area contributed by atoms with Crippen molar-refractivity contribution in [2.75, 3.05) is 13.7 Å². The molecule has 2 aromatic heterocycles. The number of ether oxygens (including phenoxy) is 1. The van der Waals surface area contributed by atoms with Gasteiger partial charge in [-0.3, -0.25) is 9.78 Å². The third-order valence-corrected chi connectivity index (χ3v) is 9.14. The van der Waals surface area contributed by atoms with E-state index < -0.39 is 0 Å². The first-order chi connectivity index (χ1) is 18.5. The predicted octanol–water partition coefficient (Wildman–Crippen LogP) is 7.50. The summed E-state index contributed by atoms with van der Waals surface area (Å²) >= 11 is 8.28. The van der Waals surface area contributed by atoms with E-state index >= 15 is 0 Å². The van der Waals surface area contributed by atoms with Gasteiger partial charge in [0.25, 0.3) is 5.91 Å². The average Bonchev–Trinajstić information content (AvgIpc) is 3.29. The number of nitrogens with zero attached hydrogens (tertiary/aromatic N) is 2. The van der Waals surface area contributed by atoms with Crippen LogP contribution in [0.15, 0.2) is 60.8 Å². The fourth-order valence-electron chi connectivity index (χ4n) is 5.33. The molecule has 0 bridgehead atoms. The molecular formula is C31H34ClN3O2S. The van der Waals surface area contributed by atoms with Gasteiger partial charge in [0.2, 0.25) is 0 Å². The zero-order chi connectivity index (χ0) is 26.6. The molecule has 5 rings (SSSR count). The number of rotatable bonds is 8. The first-order valence-electron chi connectivity index (χ1n) is 13.3. The number of thiophene rings is 1. The summed E-state index contributed by atoms with van der Waals surface area (Å²) in [4.78, 5) is 21.4. The van der Waals surface area contributed by atoms with E-state index in [4.69, 9.17) is 16.3 Å². The van der Waals surface area contributed by atoms with E-state index in [2.05, 4.69) is 28.5 Å². The molecule has 1 N–H and O–H groups in total. The minimum atomic E-state index is -0.00559. The summed E-state index contributed by atoms with van der Waals surface area (Å²) in [5.74, 6) is 0.800. The van der Waals surface area contributed by atoms with Gasteiger partial charge in [-0.15, -0.1) is 11.3 Å². The lowest BCUT2D eigenvalue weighted by molar-refractivity contribution is 0.0604. The van der Waals surface area contributed by atoms with Crippen LogP contribution in [0.1, 0.15) is 53.5 Å². The molecule has 0 spiro atoms. The lowest BCUT2D eigenvalue weighted by Gasteiger charge is -2.37. The van der Waals surface area contributed by atoms with Crippen LogP contribution in [-0.2, 0) is 6.54 Å². The predicted molar refractivity (Wildman–Crippen MR) is 157 cm³/mol. The van der Waals surface area contributed by atoms with Crippen molar-refractivity contribution < 1.29 is 9.53 Å². The molecule has 0 unspecified atom stereocenters. The van der Waals surface area contributed by atoms with Crippen molar-refractivity contribution >= 4 is 38.9 Å². The minimum absolute atomic E-state index is 0.00559. The first kappa shape index (κ1) is 26.7. The van der Waals surface area contributed by atoms with Gasteiger partial charge in [0.05, 0.1) is 11.6 Å². The number of halogens is 1. The summed E-state index contributed by atoms with van der Waals surface area (Å²) in [5.41, 5.74) is 4.07. The summed E-state index contributed by atoms with van der Waals surface area (Å²) in [7, 11) is 2.02. The SMILES string of the molecule is CCOc1ccc(-c2ccc(C)nc2)cc1CN(C(=O)c1sc2ccccc2c1Cl)[C@H]1CC[C@@H](NC)CC1. The van der Waals surface area contributed by atoms with Gasteiger partial charge in [-0.05, 0) is 76.4 Å². The van der Waals surface area contributed by atoms with E-state index in [0.29, 0.717) is 29.1 Å². The molecule has 1 fully saturated rings. The quantitative estimate of drug-likeness (QED) is 0.248. The summed E-state index contributed by atoms with van der Waals surface area (Å²) in [6, 6.07) is 18.9. The number of benzene rings is 2. The Kier molecular flexibility index (Phi) is 8.32. The molecule has 0 radical (unpaired) electrons. The van der Waals surface area contributed by atoms with Crippen LogP contribution in [-0.4, -0.2) is 41.5 Å². The fourth-order valence-corrected chi connectivity index (χ4v) is 6.79. The van der Waals surface area contributed by atoms with E-state index in [1.54, 1.807) is 0 Å². The van der Waals surface area contributed by atoms with Crippen molar-refractivity contribution in [2.45, 2.75) is 58.2 Å². The fraction of sp³-hybridized carbons (Fsp3) is 0.355. The second kappa shape index (κ2) is 11.9. The van der Waals surface area contributed by atoms with Crippen LogP contribution in [0.3, 0.4) is 0 Å². The van der Waals surface area contributed by atoms with Crippen molar-refractivity contribution in [1.29, 1.82) is 0 Å². The van der Waals surface area contributed by atoms with Crippen molar-refractivity contribution in [1.82, 2.24) is 15.2 Å². The molecule has 0 saturated heterocycles. The highest BCUT2D eigenvalue weighted by molar-refractivity contribution is 7.21. The smallest absolute Gasteiger partial charge is 0.266 e. The van der Waals surface area contributed by atoms with Crippen molar-refractivity contribution in [2.24, 2.45) is 0 Å². The summed E-state index contributed by atoms with van der Waals surface area (Å²) in [6.45, 7) is 4.99. The van der Waals surface area contributed by atoms with E-state index in [0.717, 1.165) is 63.9 Å². The molecule has 38 heavy (non-hydrogen) atoms. The lowest BCUT2D eigenvalue weighted by atomic mass is 9.89. The van der Waals surface area contributed by atoms with Crippen LogP contribution in [0.5, 0.6) is 5.75 Å². The van der Waals surface area contributed by atoms with Gasteiger partial charge < -0.3 is 15.0 Å². The molecule has 0 aliphatic heterocycles. The second-order valence-corrected chi connectivity index (χ2v) is 11.3. The van der Waals surface area contributed by atoms with Crippen LogP contribution in [0.2, 0.25) is 5.02 Å². The minimum Gasteiger partial charge on any atom is -0.494 e. The Bertz CT molecular complexity index is 1410. The molecular weight excluding hydrogens is 514 g/mol. The summed E-state index contributed by atoms with van der Waals surface area (Å²) in [5, 5.41) is 4.89. The third kappa shape index (κ3) is 5.58. The van der Waals surface area contributed by atoms with Crippen LogP contribution in [0.25, 0.3) is 21.2 Å². The van der Waals surface area contributed by atoms with Crippen LogP contribution < -0.4 is 10.1 Å². The number of aryl methyl sites for hydroxylation is 1. The van der Waals surface area contributed by atoms with E-state index in [9.17, 15) is 4.79 Å². The standard InChI is InChI=1S/C31H34ClN3O2S/c1-4-37-27-16-11-21(22-10-9-20(2)34-18-22)17-23(27)19-35(25-14-12-24(33-3)13-15-25)31(36)30-29(32)26-7-5-6-8-28(26)38-30/h5-11,16-18,24-25,33H,4,12-15,19H2,1-3H3/t24-,25+. The van der Waals surface area contributed by atoms with Crippen molar-refractivity contribution in [3.05, 3.63) is 82.0 Å². The number of aromatic nitrogens is 1. The maximum atomic E-state index is 14.2. The number of amides is 1. The largest absolute Gasteiger partial charge is 0.494 e. The molecule has 2 aromatic carbocycles. The van der Waals surface area contributed by atoms with E-state index in [-0.39, 0.29) is 11.9 Å². The maximum absolute atomic E-state index is 14.2. The molecule has 1 aliphatic carbocycles. The Hall–Kier alpha value is -2.93. The van der Waals surface area contributed by atoms with Gasteiger partial charge in [-0.2, -0.15) is 0 Å². The highest BCUT2D eigenvalue weighted by Crippen LogP contribution is 2.38. The topological polar surface area (TPSA) is 54.5 Å². The normalized spacial score (nSPS) is 17.5. The van der Waals surface area contributed by atoms with Crippen LogP contribution in [0, 0.1) is 6.92 Å². The number of pyridine rings is 1. The van der Waals surface area contributed by atoms with Gasteiger partial charge in [0.1, 0.15) is 10.6 Å². The monoisotopic (exact) mass is 547 g/mol. The Morgan fingerprint density at radius 3 is 2.55 bits per heavy atom. The number of nitrogens with one attached hydrogen (secondary N) is 1. The second-order valence-electron chi connectivity index (χ2n) is 9.91. The summed E-state index contributed by atoms with van der Waals surface area (Å²) < 4.78 is 7.07. The number of hydrogen-bond acceptors (Lipinski definition) is 5. The third-order valence-electron chi connectivity index (χ3n) is 7.48. The molecule has 4 aromatic rings.